The van der Waals surface area contributed by atoms with Crippen LogP contribution in [0.2, 0.25) is 0 Å². The van der Waals surface area contributed by atoms with Gasteiger partial charge in [-0.2, -0.15) is 0 Å². The Morgan fingerprint density at radius 1 is 1.33 bits per heavy atom. The normalized spacial score (nSPS) is 28.9. The zero-order valence-corrected chi connectivity index (χ0v) is 11.0. The molecule has 0 radical (unpaired) electrons. The number of carboxylic acid groups (broad SMARTS) is 1. The van der Waals surface area contributed by atoms with Gasteiger partial charge in [-0.05, 0) is 5.56 Å². The molecule has 2 fully saturated rings. The summed E-state index contributed by atoms with van der Waals surface area (Å²) in [6, 6.07) is 7.33. The van der Waals surface area contributed by atoms with Crippen molar-refractivity contribution in [2.75, 3.05) is 6.54 Å². The molecule has 3 rings (SSSR count). The van der Waals surface area contributed by atoms with E-state index in [-0.39, 0.29) is 13.2 Å². The molecule has 1 N–H and O–H groups in total. The van der Waals surface area contributed by atoms with E-state index in [9.17, 15) is 18.4 Å². The summed E-state index contributed by atoms with van der Waals surface area (Å²) in [5.41, 5.74) is -0.852. The number of rotatable bonds is 3. The van der Waals surface area contributed by atoms with Crippen LogP contribution in [-0.4, -0.2) is 40.6 Å². The molecule has 1 aliphatic carbocycles. The van der Waals surface area contributed by atoms with E-state index in [1.54, 1.807) is 30.3 Å². The van der Waals surface area contributed by atoms with Gasteiger partial charge in [-0.1, -0.05) is 30.3 Å². The largest absolute Gasteiger partial charge is 0.480 e. The van der Waals surface area contributed by atoms with Crippen LogP contribution in [0.25, 0.3) is 0 Å². The first kappa shape index (κ1) is 13.8. The van der Waals surface area contributed by atoms with E-state index in [1.807, 2.05) is 0 Å². The third-order valence-electron chi connectivity index (χ3n) is 4.10. The third kappa shape index (κ3) is 2.03. The zero-order valence-electron chi connectivity index (χ0n) is 11.0. The number of carbonyl (C=O) groups excluding carboxylic acids is 1. The second-order valence-electron chi connectivity index (χ2n) is 5.45. The van der Waals surface area contributed by atoms with E-state index in [4.69, 9.17) is 9.84 Å². The van der Waals surface area contributed by atoms with Crippen molar-refractivity contribution in [3.8, 4) is 0 Å². The van der Waals surface area contributed by atoms with Gasteiger partial charge in [0.1, 0.15) is 12.6 Å². The van der Waals surface area contributed by atoms with Gasteiger partial charge in [-0.15, -0.1) is 0 Å². The third-order valence-corrected chi connectivity index (χ3v) is 4.10. The Kier molecular flexibility index (Phi) is 2.89. The number of likely N-dealkylation sites (tertiary alicyclic amines) is 1. The average Bonchev–Trinajstić information content (AvgIpc) is 2.99. The quantitative estimate of drug-likeness (QED) is 0.928. The van der Waals surface area contributed by atoms with Crippen LogP contribution in [0.1, 0.15) is 12.0 Å². The maximum Gasteiger partial charge on any atom is 0.410 e. The number of ether oxygens (including phenoxy) is 1. The van der Waals surface area contributed by atoms with E-state index in [0.717, 1.165) is 10.5 Å². The molecule has 112 valence electrons. The lowest BCUT2D eigenvalue weighted by Gasteiger charge is -2.45. The number of hydrogen-bond acceptors (Lipinski definition) is 3. The minimum atomic E-state index is -3.01. The lowest BCUT2D eigenvalue weighted by Crippen LogP contribution is -2.65. The summed E-state index contributed by atoms with van der Waals surface area (Å²) in [4.78, 5) is 23.8. The van der Waals surface area contributed by atoms with Crippen LogP contribution in [0.15, 0.2) is 30.3 Å². The molecule has 2 atom stereocenters. The summed E-state index contributed by atoms with van der Waals surface area (Å²) in [6.07, 6.45) is -1.36. The molecule has 1 spiro atoms. The van der Waals surface area contributed by atoms with Crippen LogP contribution in [-0.2, 0) is 16.1 Å². The highest BCUT2D eigenvalue weighted by Gasteiger charge is 2.83. The number of nitrogens with zero attached hydrogens (tertiary/aromatic N) is 1. The fourth-order valence-corrected chi connectivity index (χ4v) is 2.83. The fourth-order valence-electron chi connectivity index (χ4n) is 2.83. The number of alkyl halides is 2. The van der Waals surface area contributed by atoms with E-state index < -0.39 is 35.9 Å². The maximum absolute atomic E-state index is 13.3. The van der Waals surface area contributed by atoms with Gasteiger partial charge in [-0.25, -0.2) is 18.4 Å². The van der Waals surface area contributed by atoms with Gasteiger partial charge in [0.05, 0.1) is 5.41 Å². The van der Waals surface area contributed by atoms with Gasteiger partial charge in [0, 0.05) is 13.0 Å². The number of carboxylic acids is 1. The molecule has 1 aromatic carbocycles. The number of benzene rings is 1. The lowest BCUT2D eigenvalue weighted by atomic mass is 9.84. The van der Waals surface area contributed by atoms with E-state index in [1.165, 1.54) is 0 Å². The molecule has 0 bridgehead atoms. The second-order valence-corrected chi connectivity index (χ2v) is 5.45. The van der Waals surface area contributed by atoms with E-state index in [2.05, 4.69) is 0 Å². The Labute approximate surface area is 119 Å². The lowest BCUT2D eigenvalue weighted by molar-refractivity contribution is -0.159. The van der Waals surface area contributed by atoms with E-state index >= 15 is 0 Å². The summed E-state index contributed by atoms with van der Waals surface area (Å²) >= 11 is 0. The van der Waals surface area contributed by atoms with Crippen LogP contribution in [0, 0.1) is 5.41 Å². The number of carbonyl (C=O) groups is 2. The fraction of sp³-hybridized carbons (Fsp3) is 0.429. The van der Waals surface area contributed by atoms with Crippen molar-refractivity contribution >= 4 is 12.1 Å². The van der Waals surface area contributed by atoms with Crippen molar-refractivity contribution in [2.24, 2.45) is 5.41 Å². The SMILES string of the molecule is O=C(O)C1N(C(=O)OCc2ccccc2)CC12CC2(F)F. The molecular formula is C14H13F2NO4. The Bertz CT molecular complexity index is 592. The number of aliphatic carboxylic acids is 1. The number of halogens is 2. The molecule has 1 aliphatic heterocycles. The molecule has 2 aliphatic rings. The summed E-state index contributed by atoms with van der Waals surface area (Å²) in [7, 11) is 0. The second kappa shape index (κ2) is 4.41. The highest BCUT2D eigenvalue weighted by molar-refractivity contribution is 5.84. The summed E-state index contributed by atoms with van der Waals surface area (Å²) in [5.74, 6) is -4.43. The Balaban J connectivity index is 1.63. The molecule has 1 saturated carbocycles. The van der Waals surface area contributed by atoms with Crippen molar-refractivity contribution < 1.29 is 28.2 Å². The molecule has 1 aromatic rings. The van der Waals surface area contributed by atoms with Gasteiger partial charge in [0.25, 0.3) is 5.92 Å². The summed E-state index contributed by atoms with van der Waals surface area (Å²) in [6.45, 7) is -0.295. The number of hydrogen-bond donors (Lipinski definition) is 1. The van der Waals surface area contributed by atoms with Crippen LogP contribution < -0.4 is 0 Å². The van der Waals surface area contributed by atoms with Crippen molar-refractivity contribution in [1.82, 2.24) is 4.90 Å². The molecule has 1 heterocycles. The van der Waals surface area contributed by atoms with Gasteiger partial charge in [0.2, 0.25) is 0 Å². The van der Waals surface area contributed by atoms with Crippen molar-refractivity contribution in [3.05, 3.63) is 35.9 Å². The molecule has 1 saturated heterocycles. The van der Waals surface area contributed by atoms with Crippen molar-refractivity contribution in [1.29, 1.82) is 0 Å². The molecule has 21 heavy (non-hydrogen) atoms. The smallest absolute Gasteiger partial charge is 0.410 e. The predicted molar refractivity (Wildman–Crippen MR) is 66.8 cm³/mol. The first-order valence-corrected chi connectivity index (χ1v) is 6.45. The Hall–Kier alpha value is -2.18. The van der Waals surface area contributed by atoms with Gasteiger partial charge in [0.15, 0.2) is 0 Å². The highest BCUT2D eigenvalue weighted by Crippen LogP contribution is 2.68. The van der Waals surface area contributed by atoms with Gasteiger partial charge < -0.3 is 9.84 Å². The summed E-state index contributed by atoms with van der Waals surface area (Å²) in [5, 5.41) is 9.06. The zero-order chi connectivity index (χ0) is 15.3. The topological polar surface area (TPSA) is 66.8 Å². The highest BCUT2D eigenvalue weighted by atomic mass is 19.3. The molecule has 1 amide bonds. The Morgan fingerprint density at radius 2 is 1.95 bits per heavy atom. The first-order chi connectivity index (χ1) is 9.87. The van der Waals surface area contributed by atoms with E-state index in [0.29, 0.717) is 0 Å². The molecule has 0 aromatic heterocycles. The molecule has 5 nitrogen and oxygen atoms in total. The van der Waals surface area contributed by atoms with Crippen molar-refractivity contribution in [3.63, 3.8) is 0 Å². The average molecular weight is 297 g/mol. The van der Waals surface area contributed by atoms with Crippen LogP contribution >= 0.6 is 0 Å². The maximum atomic E-state index is 13.3. The molecule has 2 unspecified atom stereocenters. The Morgan fingerprint density at radius 3 is 2.48 bits per heavy atom. The van der Waals surface area contributed by atoms with Crippen LogP contribution in [0.3, 0.4) is 0 Å². The van der Waals surface area contributed by atoms with Gasteiger partial charge >= 0.3 is 12.1 Å². The van der Waals surface area contributed by atoms with Crippen molar-refractivity contribution in [2.45, 2.75) is 25.0 Å². The summed E-state index contributed by atoms with van der Waals surface area (Å²) < 4.78 is 31.6. The minimum Gasteiger partial charge on any atom is -0.480 e. The number of amides is 1. The van der Waals surface area contributed by atoms with Gasteiger partial charge in [-0.3, -0.25) is 4.90 Å². The monoisotopic (exact) mass is 297 g/mol. The van der Waals surface area contributed by atoms with Crippen LogP contribution in [0.4, 0.5) is 13.6 Å². The first-order valence-electron chi connectivity index (χ1n) is 6.45. The van der Waals surface area contributed by atoms with Crippen LogP contribution in [0.5, 0.6) is 0 Å². The minimum absolute atomic E-state index is 0.0219. The molecular weight excluding hydrogens is 284 g/mol. The predicted octanol–water partition coefficient (Wildman–Crippen LogP) is 2.12. The standard InChI is InChI=1S/C14H13F2NO4/c15-14(16)7-13(14)8-17(10(13)11(18)19)12(20)21-6-9-4-2-1-3-5-9/h1-5,10H,6-8H2,(H,18,19). The molecule has 7 heteroatoms.